The molecule has 11 heavy (non-hydrogen) atoms. The predicted octanol–water partition coefficient (Wildman–Crippen LogP) is 1.85. The van der Waals surface area contributed by atoms with Crippen LogP contribution in [-0.2, 0) is 0 Å². The van der Waals surface area contributed by atoms with Gasteiger partial charge < -0.3 is 5.32 Å². The van der Waals surface area contributed by atoms with Crippen LogP contribution in [0.4, 0.5) is 10.1 Å². The van der Waals surface area contributed by atoms with E-state index in [9.17, 15) is 4.39 Å². The Morgan fingerprint density at radius 2 is 2.27 bits per heavy atom. The van der Waals surface area contributed by atoms with Gasteiger partial charge in [-0.1, -0.05) is 5.92 Å². The Balaban J connectivity index is 3.12. The highest BCUT2D eigenvalue weighted by Crippen LogP contribution is 2.12. The monoisotopic (exact) mass is 149 g/mol. The summed E-state index contributed by atoms with van der Waals surface area (Å²) < 4.78 is 12.9. The normalized spacial score (nSPS) is 8.82. The van der Waals surface area contributed by atoms with Gasteiger partial charge in [0, 0.05) is 12.7 Å². The van der Waals surface area contributed by atoms with Crippen molar-refractivity contribution in [3.05, 3.63) is 29.6 Å². The first-order valence-electron chi connectivity index (χ1n) is 3.22. The molecular formula is C9H8FN. The summed E-state index contributed by atoms with van der Waals surface area (Å²) in [7, 11) is 1.73. The standard InChI is InChI=1S/C9H8FN/c1-3-7-4-5-8(11-2)6-9(7)10/h1,4-6,11H,2H3. The quantitative estimate of drug-likeness (QED) is 0.601. The zero-order valence-corrected chi connectivity index (χ0v) is 6.19. The summed E-state index contributed by atoms with van der Waals surface area (Å²) in [4.78, 5) is 0. The maximum Gasteiger partial charge on any atom is 0.140 e. The lowest BCUT2D eigenvalue weighted by molar-refractivity contribution is 0.625. The largest absolute Gasteiger partial charge is 0.388 e. The number of benzene rings is 1. The molecule has 0 unspecified atom stereocenters. The van der Waals surface area contributed by atoms with E-state index in [4.69, 9.17) is 6.42 Å². The summed E-state index contributed by atoms with van der Waals surface area (Å²) in [5.74, 6) is 1.88. The van der Waals surface area contributed by atoms with Crippen LogP contribution in [0.1, 0.15) is 5.56 Å². The molecule has 0 saturated carbocycles. The van der Waals surface area contributed by atoms with Crippen molar-refractivity contribution in [3.63, 3.8) is 0 Å². The molecule has 0 radical (unpaired) electrons. The molecule has 2 heteroatoms. The molecule has 1 N–H and O–H groups in total. The van der Waals surface area contributed by atoms with Gasteiger partial charge in [-0.3, -0.25) is 0 Å². The summed E-state index contributed by atoms with van der Waals surface area (Å²) >= 11 is 0. The van der Waals surface area contributed by atoms with Crippen LogP contribution in [0.3, 0.4) is 0 Å². The second-order valence-electron chi connectivity index (χ2n) is 2.09. The molecule has 1 aromatic rings. The lowest BCUT2D eigenvalue weighted by atomic mass is 10.2. The Kier molecular flexibility index (Phi) is 2.12. The smallest absolute Gasteiger partial charge is 0.140 e. The summed E-state index contributed by atoms with van der Waals surface area (Å²) in [5, 5.41) is 2.81. The zero-order chi connectivity index (χ0) is 8.27. The third kappa shape index (κ3) is 1.50. The van der Waals surface area contributed by atoms with E-state index in [1.807, 2.05) is 0 Å². The van der Waals surface area contributed by atoms with Crippen LogP contribution in [0.15, 0.2) is 18.2 Å². The Morgan fingerprint density at radius 1 is 1.55 bits per heavy atom. The van der Waals surface area contributed by atoms with Crippen LogP contribution >= 0.6 is 0 Å². The molecule has 0 saturated heterocycles. The van der Waals surface area contributed by atoms with Gasteiger partial charge in [-0.05, 0) is 18.2 Å². The molecule has 0 spiro atoms. The maximum absolute atomic E-state index is 12.9. The highest BCUT2D eigenvalue weighted by Gasteiger charge is 1.98. The van der Waals surface area contributed by atoms with Gasteiger partial charge in [-0.2, -0.15) is 0 Å². The first kappa shape index (κ1) is 7.62. The molecule has 1 rings (SSSR count). The van der Waals surface area contributed by atoms with Crippen molar-refractivity contribution in [3.8, 4) is 12.3 Å². The van der Waals surface area contributed by atoms with Gasteiger partial charge in [0.25, 0.3) is 0 Å². The van der Waals surface area contributed by atoms with E-state index in [0.717, 1.165) is 5.69 Å². The SMILES string of the molecule is C#Cc1ccc(NC)cc1F. The van der Waals surface area contributed by atoms with Crippen molar-refractivity contribution in [1.82, 2.24) is 0 Å². The molecule has 0 aromatic heterocycles. The van der Waals surface area contributed by atoms with E-state index in [2.05, 4.69) is 11.2 Å². The molecule has 0 aliphatic carbocycles. The van der Waals surface area contributed by atoms with Crippen molar-refractivity contribution < 1.29 is 4.39 Å². The molecule has 56 valence electrons. The number of hydrogen-bond acceptors (Lipinski definition) is 1. The minimum absolute atomic E-state index is 0.295. The van der Waals surface area contributed by atoms with E-state index in [-0.39, 0.29) is 5.82 Å². The zero-order valence-electron chi connectivity index (χ0n) is 6.19. The lowest BCUT2D eigenvalue weighted by Crippen LogP contribution is -1.90. The number of halogens is 1. The molecule has 0 aliphatic rings. The topological polar surface area (TPSA) is 12.0 Å². The third-order valence-electron chi connectivity index (χ3n) is 1.41. The first-order valence-corrected chi connectivity index (χ1v) is 3.22. The van der Waals surface area contributed by atoms with Crippen LogP contribution in [0.5, 0.6) is 0 Å². The van der Waals surface area contributed by atoms with Crippen molar-refractivity contribution in [1.29, 1.82) is 0 Å². The van der Waals surface area contributed by atoms with Gasteiger partial charge in [-0.25, -0.2) is 4.39 Å². The average Bonchev–Trinajstić information content (AvgIpc) is 2.04. The van der Waals surface area contributed by atoms with E-state index in [0.29, 0.717) is 5.56 Å². The number of nitrogens with one attached hydrogen (secondary N) is 1. The fourth-order valence-corrected chi connectivity index (χ4v) is 0.788. The molecule has 0 amide bonds. The summed E-state index contributed by atoms with van der Waals surface area (Å²) in [6.07, 6.45) is 5.03. The van der Waals surface area contributed by atoms with Gasteiger partial charge in [0.05, 0.1) is 5.56 Å². The van der Waals surface area contributed by atoms with Gasteiger partial charge in [-0.15, -0.1) is 6.42 Å². The Hall–Kier alpha value is -1.49. The average molecular weight is 149 g/mol. The molecule has 0 fully saturated rings. The van der Waals surface area contributed by atoms with Gasteiger partial charge in [0.15, 0.2) is 0 Å². The van der Waals surface area contributed by atoms with Gasteiger partial charge in [0.2, 0.25) is 0 Å². The van der Waals surface area contributed by atoms with E-state index in [1.165, 1.54) is 6.07 Å². The van der Waals surface area contributed by atoms with Crippen molar-refractivity contribution in [2.75, 3.05) is 12.4 Å². The number of rotatable bonds is 1. The summed E-state index contributed by atoms with van der Waals surface area (Å²) in [5.41, 5.74) is 1.02. The minimum atomic E-state index is -0.362. The Morgan fingerprint density at radius 3 is 2.73 bits per heavy atom. The predicted molar refractivity (Wildman–Crippen MR) is 43.9 cm³/mol. The fourth-order valence-electron chi connectivity index (χ4n) is 0.788. The van der Waals surface area contributed by atoms with Gasteiger partial charge in [0.1, 0.15) is 5.82 Å². The molecule has 0 atom stereocenters. The Bertz CT molecular complexity index is 299. The Labute approximate surface area is 65.2 Å². The second kappa shape index (κ2) is 3.07. The van der Waals surface area contributed by atoms with Crippen LogP contribution in [0.25, 0.3) is 0 Å². The minimum Gasteiger partial charge on any atom is -0.388 e. The van der Waals surface area contributed by atoms with Crippen LogP contribution in [0.2, 0.25) is 0 Å². The lowest BCUT2D eigenvalue weighted by Gasteiger charge is -1.99. The molecule has 1 aromatic carbocycles. The maximum atomic E-state index is 12.9. The van der Waals surface area contributed by atoms with Crippen LogP contribution < -0.4 is 5.32 Å². The van der Waals surface area contributed by atoms with E-state index < -0.39 is 0 Å². The van der Waals surface area contributed by atoms with Crippen molar-refractivity contribution in [2.45, 2.75) is 0 Å². The molecular weight excluding hydrogens is 141 g/mol. The van der Waals surface area contributed by atoms with E-state index >= 15 is 0 Å². The van der Waals surface area contributed by atoms with Gasteiger partial charge >= 0.3 is 0 Å². The highest BCUT2D eigenvalue weighted by atomic mass is 19.1. The first-order chi connectivity index (χ1) is 5.27. The van der Waals surface area contributed by atoms with Crippen LogP contribution in [-0.4, -0.2) is 7.05 Å². The molecule has 1 nitrogen and oxygen atoms in total. The highest BCUT2D eigenvalue weighted by molar-refractivity contribution is 5.48. The summed E-state index contributed by atoms with van der Waals surface area (Å²) in [6, 6.07) is 4.68. The number of anilines is 1. The van der Waals surface area contributed by atoms with Crippen molar-refractivity contribution in [2.24, 2.45) is 0 Å². The summed E-state index contributed by atoms with van der Waals surface area (Å²) in [6.45, 7) is 0. The third-order valence-corrected chi connectivity index (χ3v) is 1.41. The number of terminal acetylenes is 1. The molecule has 0 aliphatic heterocycles. The fraction of sp³-hybridized carbons (Fsp3) is 0.111. The van der Waals surface area contributed by atoms with E-state index in [1.54, 1.807) is 19.2 Å². The molecule has 0 bridgehead atoms. The van der Waals surface area contributed by atoms with Crippen LogP contribution in [0, 0.1) is 18.2 Å². The second-order valence-corrected chi connectivity index (χ2v) is 2.09. The van der Waals surface area contributed by atoms with Crippen molar-refractivity contribution >= 4 is 5.69 Å². The molecule has 0 heterocycles. The number of hydrogen-bond donors (Lipinski definition) is 1.